The maximum absolute atomic E-state index is 13.0. The summed E-state index contributed by atoms with van der Waals surface area (Å²) >= 11 is 0. The van der Waals surface area contributed by atoms with E-state index in [0.29, 0.717) is 19.0 Å². The van der Waals surface area contributed by atoms with E-state index in [0.717, 1.165) is 30.6 Å². The molecule has 0 saturated carbocycles. The van der Waals surface area contributed by atoms with Crippen LogP contribution in [0.1, 0.15) is 30.6 Å². The standard InChI is InChI=1S/C18H24F3N7O/c1-3-22-17(26-13-6-7-15-25-12(2)27-28(15)11-13)24-9-10-29-16-14(18(19,20)21)5-4-8-23-16/h4-5,8,13H,3,6-7,9-11H2,1-2H3,(H2,22,24,26). The van der Waals surface area contributed by atoms with Gasteiger partial charge < -0.3 is 15.4 Å². The molecule has 1 aliphatic rings. The maximum atomic E-state index is 13.0. The van der Waals surface area contributed by atoms with Crippen LogP contribution in [0.15, 0.2) is 23.3 Å². The fourth-order valence-electron chi connectivity index (χ4n) is 3.09. The van der Waals surface area contributed by atoms with Crippen LogP contribution < -0.4 is 15.4 Å². The Hall–Kier alpha value is -2.85. The third-order valence-corrected chi connectivity index (χ3v) is 4.33. The van der Waals surface area contributed by atoms with Crippen molar-refractivity contribution in [1.29, 1.82) is 0 Å². The number of hydrogen-bond donors (Lipinski definition) is 2. The third-order valence-electron chi connectivity index (χ3n) is 4.33. The van der Waals surface area contributed by atoms with Crippen LogP contribution in [0, 0.1) is 6.92 Å². The van der Waals surface area contributed by atoms with E-state index in [2.05, 4.69) is 30.7 Å². The Kier molecular flexibility index (Phi) is 6.55. The number of ether oxygens (including phenoxy) is 1. The minimum absolute atomic E-state index is 0.0201. The van der Waals surface area contributed by atoms with E-state index in [1.807, 2.05) is 18.5 Å². The third kappa shape index (κ3) is 5.58. The Labute approximate surface area is 166 Å². The van der Waals surface area contributed by atoms with Gasteiger partial charge in [0.25, 0.3) is 0 Å². The Balaban J connectivity index is 1.55. The molecule has 1 aliphatic heterocycles. The first kappa shape index (κ1) is 20.9. The van der Waals surface area contributed by atoms with Gasteiger partial charge in [-0.2, -0.15) is 18.3 Å². The fraction of sp³-hybridized carbons (Fsp3) is 0.556. The zero-order valence-electron chi connectivity index (χ0n) is 16.3. The monoisotopic (exact) mass is 411 g/mol. The zero-order valence-corrected chi connectivity index (χ0v) is 16.3. The zero-order chi connectivity index (χ0) is 20.9. The lowest BCUT2D eigenvalue weighted by atomic mass is 10.1. The van der Waals surface area contributed by atoms with Crippen LogP contribution in [-0.2, 0) is 19.1 Å². The molecular weight excluding hydrogens is 387 g/mol. The highest BCUT2D eigenvalue weighted by molar-refractivity contribution is 5.80. The number of aryl methyl sites for hydroxylation is 2. The molecule has 1 atom stereocenters. The lowest BCUT2D eigenvalue weighted by molar-refractivity contribution is -0.139. The largest absolute Gasteiger partial charge is 0.475 e. The number of fused-ring (bicyclic) bond motifs is 1. The lowest BCUT2D eigenvalue weighted by Gasteiger charge is -2.25. The molecule has 2 aromatic rings. The van der Waals surface area contributed by atoms with Crippen molar-refractivity contribution in [1.82, 2.24) is 30.4 Å². The number of guanidine groups is 1. The van der Waals surface area contributed by atoms with Crippen LogP contribution in [0.3, 0.4) is 0 Å². The lowest BCUT2D eigenvalue weighted by Crippen LogP contribution is -2.47. The number of nitrogens with one attached hydrogen (secondary N) is 2. The molecule has 0 amide bonds. The minimum atomic E-state index is -4.51. The van der Waals surface area contributed by atoms with Gasteiger partial charge in [-0.15, -0.1) is 0 Å². The van der Waals surface area contributed by atoms with Gasteiger partial charge in [0, 0.05) is 25.2 Å². The summed E-state index contributed by atoms with van der Waals surface area (Å²) in [7, 11) is 0. The van der Waals surface area contributed by atoms with Crippen molar-refractivity contribution in [3.63, 3.8) is 0 Å². The van der Waals surface area contributed by atoms with E-state index in [1.54, 1.807) is 0 Å². The van der Waals surface area contributed by atoms with E-state index in [-0.39, 0.29) is 19.2 Å². The summed E-state index contributed by atoms with van der Waals surface area (Å²) in [4.78, 5) is 12.5. The molecular formula is C18H24F3N7O. The Morgan fingerprint density at radius 3 is 3.00 bits per heavy atom. The van der Waals surface area contributed by atoms with Crippen molar-refractivity contribution >= 4 is 5.96 Å². The second kappa shape index (κ2) is 9.10. The summed E-state index contributed by atoms with van der Waals surface area (Å²) in [5.74, 6) is 1.88. The van der Waals surface area contributed by atoms with Crippen molar-refractivity contribution < 1.29 is 17.9 Å². The summed E-state index contributed by atoms with van der Waals surface area (Å²) in [6.07, 6.45) is -1.53. The van der Waals surface area contributed by atoms with E-state index in [9.17, 15) is 13.2 Å². The number of pyridine rings is 1. The number of halogens is 3. The summed E-state index contributed by atoms with van der Waals surface area (Å²) < 4.78 is 46.0. The summed E-state index contributed by atoms with van der Waals surface area (Å²) in [5.41, 5.74) is -0.893. The maximum Gasteiger partial charge on any atom is 0.421 e. The van der Waals surface area contributed by atoms with Crippen LogP contribution >= 0.6 is 0 Å². The number of rotatable bonds is 6. The molecule has 0 saturated heterocycles. The van der Waals surface area contributed by atoms with Crippen LogP contribution in [0.4, 0.5) is 13.2 Å². The highest BCUT2D eigenvalue weighted by Gasteiger charge is 2.35. The van der Waals surface area contributed by atoms with Gasteiger partial charge in [-0.05, 0) is 32.4 Å². The van der Waals surface area contributed by atoms with Crippen molar-refractivity contribution in [3.05, 3.63) is 35.5 Å². The van der Waals surface area contributed by atoms with Gasteiger partial charge in [0.15, 0.2) is 5.96 Å². The molecule has 3 heterocycles. The molecule has 0 spiro atoms. The van der Waals surface area contributed by atoms with E-state index in [4.69, 9.17) is 4.74 Å². The highest BCUT2D eigenvalue weighted by atomic mass is 19.4. The first-order chi connectivity index (χ1) is 13.9. The molecule has 29 heavy (non-hydrogen) atoms. The van der Waals surface area contributed by atoms with Crippen molar-refractivity contribution in [2.45, 2.75) is 45.5 Å². The summed E-state index contributed by atoms with van der Waals surface area (Å²) in [6.45, 7) is 5.31. The fourth-order valence-corrected chi connectivity index (χ4v) is 3.09. The van der Waals surface area contributed by atoms with Gasteiger partial charge in [-0.1, -0.05) is 0 Å². The number of hydrogen-bond acceptors (Lipinski definition) is 5. The minimum Gasteiger partial charge on any atom is -0.475 e. The van der Waals surface area contributed by atoms with Gasteiger partial charge in [0.2, 0.25) is 5.88 Å². The van der Waals surface area contributed by atoms with Crippen LogP contribution in [0.25, 0.3) is 0 Å². The van der Waals surface area contributed by atoms with Gasteiger partial charge >= 0.3 is 6.18 Å². The average Bonchev–Trinajstić information content (AvgIpc) is 3.04. The molecule has 2 aromatic heterocycles. The topological polar surface area (TPSA) is 89.2 Å². The number of aromatic nitrogens is 4. The molecule has 0 bridgehead atoms. The highest BCUT2D eigenvalue weighted by Crippen LogP contribution is 2.34. The number of nitrogens with zero attached hydrogens (tertiary/aromatic N) is 5. The van der Waals surface area contributed by atoms with Crippen LogP contribution in [0.2, 0.25) is 0 Å². The van der Waals surface area contributed by atoms with Crippen molar-refractivity contribution in [3.8, 4) is 5.88 Å². The second-order valence-electron chi connectivity index (χ2n) is 6.60. The van der Waals surface area contributed by atoms with Crippen LogP contribution in [-0.4, -0.2) is 51.4 Å². The Morgan fingerprint density at radius 1 is 1.41 bits per heavy atom. The van der Waals surface area contributed by atoms with E-state index >= 15 is 0 Å². The average molecular weight is 411 g/mol. The molecule has 0 aromatic carbocycles. The second-order valence-corrected chi connectivity index (χ2v) is 6.60. The van der Waals surface area contributed by atoms with Gasteiger partial charge in [-0.25, -0.2) is 19.6 Å². The molecule has 0 fully saturated rings. The molecule has 1 unspecified atom stereocenters. The first-order valence-electron chi connectivity index (χ1n) is 9.47. The van der Waals surface area contributed by atoms with Crippen molar-refractivity contribution in [2.24, 2.45) is 4.99 Å². The quantitative estimate of drug-likeness (QED) is 0.429. The summed E-state index contributed by atoms with van der Waals surface area (Å²) in [6, 6.07) is 2.31. The van der Waals surface area contributed by atoms with E-state index in [1.165, 1.54) is 12.3 Å². The van der Waals surface area contributed by atoms with Gasteiger partial charge in [0.05, 0.1) is 13.1 Å². The molecule has 0 aliphatic carbocycles. The van der Waals surface area contributed by atoms with Gasteiger partial charge in [-0.3, -0.25) is 0 Å². The van der Waals surface area contributed by atoms with E-state index < -0.39 is 17.6 Å². The summed E-state index contributed by atoms with van der Waals surface area (Å²) in [5, 5.41) is 10.9. The normalized spacial score (nSPS) is 17.0. The molecule has 8 nitrogen and oxygen atoms in total. The molecule has 3 rings (SSSR count). The van der Waals surface area contributed by atoms with Crippen molar-refractivity contribution in [2.75, 3.05) is 19.7 Å². The van der Waals surface area contributed by atoms with Gasteiger partial charge in [0.1, 0.15) is 23.8 Å². The Morgan fingerprint density at radius 2 is 2.24 bits per heavy atom. The first-order valence-corrected chi connectivity index (χ1v) is 9.47. The van der Waals surface area contributed by atoms with Crippen LogP contribution in [0.5, 0.6) is 5.88 Å². The predicted octanol–water partition coefficient (Wildman–Crippen LogP) is 1.95. The molecule has 11 heteroatoms. The number of aliphatic imine (C=N–C) groups is 1. The Bertz CT molecular complexity index is 850. The molecule has 2 N–H and O–H groups in total. The SMILES string of the molecule is CCNC(=NCCOc1ncccc1C(F)(F)F)NC1CCc2nc(C)nn2C1. The molecule has 0 radical (unpaired) electrons. The number of alkyl halides is 3. The predicted molar refractivity (Wildman–Crippen MR) is 101 cm³/mol. The molecule has 158 valence electrons. The smallest absolute Gasteiger partial charge is 0.421 e.